The number of nitrogens with zero attached hydrogens (tertiary/aromatic N) is 2. The highest BCUT2D eigenvalue weighted by molar-refractivity contribution is 4.70. The normalized spacial score (nSPS) is 13.8. The minimum Gasteiger partial charge on any atom is -0.395 e. The van der Waals surface area contributed by atoms with Gasteiger partial charge in [-0.1, -0.05) is 20.8 Å². The Kier molecular flexibility index (Phi) is 10.6. The van der Waals surface area contributed by atoms with Crippen LogP contribution in [0.1, 0.15) is 33.6 Å². The van der Waals surface area contributed by atoms with Crippen LogP contribution >= 0.6 is 0 Å². The van der Waals surface area contributed by atoms with Crippen LogP contribution in [0.4, 0.5) is 0 Å². The fourth-order valence-electron chi connectivity index (χ4n) is 2.08. The fourth-order valence-corrected chi connectivity index (χ4v) is 2.08. The van der Waals surface area contributed by atoms with E-state index in [1.165, 1.54) is 6.42 Å². The molecule has 4 nitrogen and oxygen atoms in total. The van der Waals surface area contributed by atoms with Crippen LogP contribution < -0.4 is 5.32 Å². The molecule has 0 amide bonds. The molecule has 1 unspecified atom stereocenters. The van der Waals surface area contributed by atoms with E-state index in [9.17, 15) is 5.11 Å². The molecule has 0 radical (unpaired) electrons. The van der Waals surface area contributed by atoms with Crippen molar-refractivity contribution >= 4 is 0 Å². The van der Waals surface area contributed by atoms with Gasteiger partial charge < -0.3 is 20.2 Å². The first kappa shape index (κ1) is 17.8. The smallest absolute Gasteiger partial charge is 0.0585 e. The van der Waals surface area contributed by atoms with E-state index in [0.29, 0.717) is 6.04 Å². The fraction of sp³-hybridized carbons (Fsp3) is 1.00. The highest BCUT2D eigenvalue weighted by Crippen LogP contribution is 1.99. The Balaban J connectivity index is 3.82. The van der Waals surface area contributed by atoms with Crippen molar-refractivity contribution in [1.82, 2.24) is 15.1 Å². The van der Waals surface area contributed by atoms with Gasteiger partial charge in [0.15, 0.2) is 0 Å². The summed E-state index contributed by atoms with van der Waals surface area (Å²) in [7, 11) is 4.23. The van der Waals surface area contributed by atoms with Crippen LogP contribution in [0.25, 0.3) is 0 Å². The summed E-state index contributed by atoms with van der Waals surface area (Å²) in [4.78, 5) is 4.69. The first-order valence-corrected chi connectivity index (χ1v) is 7.23. The Hall–Kier alpha value is -0.160. The molecule has 0 aliphatic heterocycles. The van der Waals surface area contributed by atoms with Crippen molar-refractivity contribution in [3.8, 4) is 0 Å². The van der Waals surface area contributed by atoms with Gasteiger partial charge in [0.1, 0.15) is 0 Å². The van der Waals surface area contributed by atoms with E-state index in [0.717, 1.165) is 32.6 Å². The summed E-state index contributed by atoms with van der Waals surface area (Å²) >= 11 is 0. The van der Waals surface area contributed by atoms with Gasteiger partial charge >= 0.3 is 0 Å². The standard InChI is InChI=1S/C14H33N3O/c1-6-17(10-7-9-16(4)5)11-8-14(12-18)15-13(2)3/h13-15,18H,6-12H2,1-5H3. The summed E-state index contributed by atoms with van der Waals surface area (Å²) in [5.41, 5.74) is 0. The molecule has 4 heteroatoms. The van der Waals surface area contributed by atoms with Crippen LogP contribution in [0.5, 0.6) is 0 Å². The molecule has 0 rings (SSSR count). The third-order valence-corrected chi connectivity index (χ3v) is 3.11. The van der Waals surface area contributed by atoms with Gasteiger partial charge in [-0.2, -0.15) is 0 Å². The van der Waals surface area contributed by atoms with Crippen molar-refractivity contribution in [3.05, 3.63) is 0 Å². The molecular weight excluding hydrogens is 226 g/mol. The monoisotopic (exact) mass is 259 g/mol. The molecule has 0 aliphatic rings. The zero-order valence-corrected chi connectivity index (χ0v) is 12.9. The van der Waals surface area contributed by atoms with E-state index >= 15 is 0 Å². The first-order chi connectivity index (χ1) is 8.49. The number of aliphatic hydroxyl groups is 1. The number of aliphatic hydroxyl groups excluding tert-OH is 1. The summed E-state index contributed by atoms with van der Waals surface area (Å²) in [5, 5.41) is 12.7. The number of rotatable bonds is 11. The Morgan fingerprint density at radius 3 is 2.22 bits per heavy atom. The summed E-state index contributed by atoms with van der Waals surface area (Å²) in [5.74, 6) is 0. The van der Waals surface area contributed by atoms with E-state index < -0.39 is 0 Å². The number of nitrogens with one attached hydrogen (secondary N) is 1. The van der Waals surface area contributed by atoms with Gasteiger partial charge in [0.05, 0.1) is 6.61 Å². The van der Waals surface area contributed by atoms with Gasteiger partial charge in [-0.15, -0.1) is 0 Å². The molecule has 2 N–H and O–H groups in total. The SMILES string of the molecule is CCN(CCCN(C)C)CCC(CO)NC(C)C. The zero-order valence-electron chi connectivity index (χ0n) is 12.9. The van der Waals surface area contributed by atoms with Gasteiger partial charge in [-0.25, -0.2) is 0 Å². The van der Waals surface area contributed by atoms with Gasteiger partial charge in [0.25, 0.3) is 0 Å². The highest BCUT2D eigenvalue weighted by atomic mass is 16.3. The third-order valence-electron chi connectivity index (χ3n) is 3.11. The minimum atomic E-state index is 0.230. The molecule has 0 aliphatic carbocycles. The van der Waals surface area contributed by atoms with Gasteiger partial charge in [0, 0.05) is 12.1 Å². The van der Waals surface area contributed by atoms with Crippen molar-refractivity contribution in [2.45, 2.75) is 45.7 Å². The maximum Gasteiger partial charge on any atom is 0.0585 e. The molecule has 0 saturated carbocycles. The topological polar surface area (TPSA) is 38.7 Å². The van der Waals surface area contributed by atoms with Gasteiger partial charge in [0.2, 0.25) is 0 Å². The summed E-state index contributed by atoms with van der Waals surface area (Å²) in [6.07, 6.45) is 2.23. The molecule has 0 bridgehead atoms. The van der Waals surface area contributed by atoms with Crippen LogP contribution in [-0.2, 0) is 0 Å². The molecule has 0 fully saturated rings. The average Bonchev–Trinajstić information content (AvgIpc) is 2.30. The Morgan fingerprint density at radius 1 is 1.11 bits per heavy atom. The van der Waals surface area contributed by atoms with Crippen LogP contribution in [-0.4, -0.2) is 73.9 Å². The minimum absolute atomic E-state index is 0.230. The van der Waals surface area contributed by atoms with E-state index in [1.54, 1.807) is 0 Å². The van der Waals surface area contributed by atoms with E-state index in [4.69, 9.17) is 0 Å². The van der Waals surface area contributed by atoms with Crippen molar-refractivity contribution < 1.29 is 5.11 Å². The molecule has 0 aromatic carbocycles. The molecule has 0 heterocycles. The molecule has 0 aromatic heterocycles. The van der Waals surface area contributed by atoms with Crippen LogP contribution in [0.15, 0.2) is 0 Å². The second kappa shape index (κ2) is 10.7. The highest BCUT2D eigenvalue weighted by Gasteiger charge is 2.10. The first-order valence-electron chi connectivity index (χ1n) is 7.23. The lowest BCUT2D eigenvalue weighted by atomic mass is 10.2. The second-order valence-electron chi connectivity index (χ2n) is 5.58. The lowest BCUT2D eigenvalue weighted by Crippen LogP contribution is -2.40. The molecule has 18 heavy (non-hydrogen) atoms. The summed E-state index contributed by atoms with van der Waals surface area (Å²) in [6.45, 7) is 11.1. The Morgan fingerprint density at radius 2 is 1.78 bits per heavy atom. The van der Waals surface area contributed by atoms with E-state index in [-0.39, 0.29) is 12.6 Å². The number of hydrogen-bond acceptors (Lipinski definition) is 4. The largest absolute Gasteiger partial charge is 0.395 e. The van der Waals surface area contributed by atoms with E-state index in [2.05, 4.69) is 50.0 Å². The van der Waals surface area contributed by atoms with Crippen molar-refractivity contribution in [2.24, 2.45) is 0 Å². The van der Waals surface area contributed by atoms with Gasteiger partial charge in [-0.3, -0.25) is 0 Å². The second-order valence-corrected chi connectivity index (χ2v) is 5.58. The zero-order chi connectivity index (χ0) is 14.0. The van der Waals surface area contributed by atoms with Gasteiger partial charge in [-0.05, 0) is 53.1 Å². The molecule has 0 saturated heterocycles. The lowest BCUT2D eigenvalue weighted by Gasteiger charge is -2.25. The Bertz CT molecular complexity index is 186. The average molecular weight is 259 g/mol. The van der Waals surface area contributed by atoms with Crippen molar-refractivity contribution in [2.75, 3.05) is 46.9 Å². The predicted octanol–water partition coefficient (Wildman–Crippen LogP) is 1.01. The lowest BCUT2D eigenvalue weighted by molar-refractivity contribution is 0.199. The maximum atomic E-state index is 9.32. The molecule has 0 aromatic rings. The maximum absolute atomic E-state index is 9.32. The molecule has 110 valence electrons. The summed E-state index contributed by atoms with van der Waals surface area (Å²) < 4.78 is 0. The molecule has 0 spiro atoms. The summed E-state index contributed by atoms with van der Waals surface area (Å²) in [6, 6.07) is 0.666. The van der Waals surface area contributed by atoms with Crippen LogP contribution in [0.2, 0.25) is 0 Å². The molecule has 1 atom stereocenters. The van der Waals surface area contributed by atoms with E-state index in [1.807, 2.05) is 0 Å². The third kappa shape index (κ3) is 9.83. The quantitative estimate of drug-likeness (QED) is 0.581. The van der Waals surface area contributed by atoms with Crippen LogP contribution in [0.3, 0.4) is 0 Å². The molecular formula is C14H33N3O. The van der Waals surface area contributed by atoms with Crippen molar-refractivity contribution in [3.63, 3.8) is 0 Å². The number of hydrogen-bond donors (Lipinski definition) is 2. The predicted molar refractivity (Wildman–Crippen MR) is 79.0 cm³/mol. The van der Waals surface area contributed by atoms with Crippen LogP contribution in [0, 0.1) is 0 Å². The Labute approximate surface area is 113 Å². The van der Waals surface area contributed by atoms with Crippen molar-refractivity contribution in [1.29, 1.82) is 0 Å².